The van der Waals surface area contributed by atoms with Crippen molar-refractivity contribution in [2.45, 2.75) is 119 Å². The number of Topliss-reactive ketones (excluding diaryl/α,β-unsaturated/α-hetero) is 2. The van der Waals surface area contributed by atoms with Crippen LogP contribution < -0.4 is 0 Å². The van der Waals surface area contributed by atoms with E-state index in [0.717, 1.165) is 32.1 Å². The first-order valence-electron chi connectivity index (χ1n) is 10.3. The molecule has 0 bridgehead atoms. The fourth-order valence-corrected chi connectivity index (χ4v) is 3.89. The first-order chi connectivity index (χ1) is 11.5. The lowest BCUT2D eigenvalue weighted by Gasteiger charge is -2.40. The summed E-state index contributed by atoms with van der Waals surface area (Å²) in [6, 6.07) is 0. The number of unbranched alkanes of at least 4 members (excludes halogenated alkanes) is 1. The Morgan fingerprint density at radius 2 is 1.36 bits per heavy atom. The molecule has 0 N–H and O–H groups in total. The molecule has 0 aromatic rings. The maximum Gasteiger partial charge on any atom is 0.169 e. The highest BCUT2D eigenvalue weighted by Crippen LogP contribution is 2.38. The second-order valence-corrected chi connectivity index (χ2v) is 8.50. The average molecular weight is 355 g/mol. The van der Waals surface area contributed by atoms with Crippen LogP contribution in [0.25, 0.3) is 0 Å². The average Bonchev–Trinajstić information content (AvgIpc) is 2.59. The Kier molecular flexibility index (Phi) is 9.57. The van der Waals surface area contributed by atoms with Gasteiger partial charge in [0.1, 0.15) is 11.7 Å². The molecule has 0 aliphatic heterocycles. The van der Waals surface area contributed by atoms with Gasteiger partial charge in [0, 0.05) is 10.8 Å². The van der Waals surface area contributed by atoms with Gasteiger partial charge in [0.25, 0.3) is 0 Å². The number of hydrogen-bond acceptors (Lipinski definition) is 3. The number of ether oxygens (including phenoxy) is 1. The van der Waals surface area contributed by atoms with Crippen LogP contribution in [-0.4, -0.2) is 23.3 Å². The van der Waals surface area contributed by atoms with Gasteiger partial charge in [-0.1, -0.05) is 68.2 Å². The number of carbonyl (C=O) groups is 2. The van der Waals surface area contributed by atoms with E-state index in [1.54, 1.807) is 0 Å². The maximum atomic E-state index is 13.3. The van der Waals surface area contributed by atoms with E-state index >= 15 is 0 Å². The van der Waals surface area contributed by atoms with Crippen molar-refractivity contribution >= 4 is 11.6 Å². The molecule has 0 radical (unpaired) electrons. The fraction of sp³-hybridized carbons (Fsp3) is 0.909. The Balaban J connectivity index is 5.58. The van der Waals surface area contributed by atoms with Crippen LogP contribution in [0.2, 0.25) is 0 Å². The molecule has 3 heteroatoms. The molecule has 1 unspecified atom stereocenters. The van der Waals surface area contributed by atoms with Crippen LogP contribution in [0.5, 0.6) is 0 Å². The quantitative estimate of drug-likeness (QED) is 0.423. The van der Waals surface area contributed by atoms with Gasteiger partial charge in [-0.2, -0.15) is 0 Å². The fourth-order valence-electron chi connectivity index (χ4n) is 3.89. The van der Waals surface area contributed by atoms with Gasteiger partial charge in [-0.15, -0.1) is 0 Å². The largest absolute Gasteiger partial charge is 0.356 e. The minimum absolute atomic E-state index is 0.0943. The molecule has 25 heavy (non-hydrogen) atoms. The second-order valence-electron chi connectivity index (χ2n) is 8.50. The van der Waals surface area contributed by atoms with Crippen molar-refractivity contribution in [1.29, 1.82) is 0 Å². The molecule has 0 aromatic heterocycles. The zero-order valence-corrected chi connectivity index (χ0v) is 18.3. The van der Waals surface area contributed by atoms with Crippen molar-refractivity contribution in [2.75, 3.05) is 0 Å². The third kappa shape index (κ3) is 5.64. The SMILES string of the molecule is CCCCC(CC)(CC)C(=O)C(C)OC(CC)(CC)C(=O)C(C)(C)C. The van der Waals surface area contributed by atoms with E-state index in [1.807, 2.05) is 41.5 Å². The van der Waals surface area contributed by atoms with E-state index in [1.165, 1.54) is 0 Å². The molecule has 0 aliphatic rings. The summed E-state index contributed by atoms with van der Waals surface area (Å²) in [5.74, 6) is 0.260. The minimum atomic E-state index is -0.870. The molecule has 0 spiro atoms. The van der Waals surface area contributed by atoms with Crippen LogP contribution in [0, 0.1) is 10.8 Å². The molecule has 0 saturated carbocycles. The molecule has 148 valence electrons. The topological polar surface area (TPSA) is 43.4 Å². The molecule has 1 atom stereocenters. The van der Waals surface area contributed by atoms with Crippen molar-refractivity contribution in [3.05, 3.63) is 0 Å². The molecule has 0 fully saturated rings. The summed E-state index contributed by atoms with van der Waals surface area (Å²) in [5.41, 5.74) is -1.68. The molecule has 0 saturated heterocycles. The van der Waals surface area contributed by atoms with Crippen LogP contribution >= 0.6 is 0 Å². The summed E-state index contributed by atoms with van der Waals surface area (Å²) in [4.78, 5) is 26.3. The van der Waals surface area contributed by atoms with Crippen molar-refractivity contribution in [3.8, 4) is 0 Å². The summed E-state index contributed by atoms with van der Waals surface area (Å²) in [6.45, 7) is 17.9. The zero-order valence-electron chi connectivity index (χ0n) is 18.3. The standard InChI is InChI=1S/C22H42O3/c1-10-15-16-21(11-2,12-3)18(23)17(6)25-22(13-4,14-5)19(24)20(7,8)9/h17H,10-16H2,1-9H3. The van der Waals surface area contributed by atoms with Crippen LogP contribution in [-0.2, 0) is 14.3 Å². The predicted molar refractivity (Wildman–Crippen MR) is 106 cm³/mol. The van der Waals surface area contributed by atoms with Gasteiger partial charge in [-0.25, -0.2) is 0 Å². The molecule has 0 amide bonds. The van der Waals surface area contributed by atoms with Crippen LogP contribution in [0.15, 0.2) is 0 Å². The van der Waals surface area contributed by atoms with Gasteiger partial charge in [0.05, 0.1) is 0 Å². The summed E-state index contributed by atoms with van der Waals surface area (Å²) >= 11 is 0. The van der Waals surface area contributed by atoms with E-state index in [4.69, 9.17) is 4.74 Å². The molecular weight excluding hydrogens is 312 g/mol. The lowest BCUT2D eigenvalue weighted by Crippen LogP contribution is -2.51. The highest BCUT2D eigenvalue weighted by atomic mass is 16.5. The van der Waals surface area contributed by atoms with Gasteiger partial charge in [0.2, 0.25) is 0 Å². The van der Waals surface area contributed by atoms with Gasteiger partial charge >= 0.3 is 0 Å². The maximum absolute atomic E-state index is 13.3. The molecular formula is C22H42O3. The van der Waals surface area contributed by atoms with Crippen LogP contribution in [0.3, 0.4) is 0 Å². The number of carbonyl (C=O) groups excluding carboxylic acids is 2. The third-order valence-corrected chi connectivity index (χ3v) is 5.89. The first kappa shape index (κ1) is 24.3. The van der Waals surface area contributed by atoms with Crippen LogP contribution in [0.4, 0.5) is 0 Å². The van der Waals surface area contributed by atoms with Gasteiger partial charge < -0.3 is 4.74 Å². The van der Waals surface area contributed by atoms with Gasteiger partial charge in [0.15, 0.2) is 11.6 Å². The Bertz CT molecular complexity index is 423. The molecule has 3 nitrogen and oxygen atoms in total. The Morgan fingerprint density at radius 1 is 0.880 bits per heavy atom. The zero-order chi connectivity index (χ0) is 19.9. The van der Waals surface area contributed by atoms with E-state index in [9.17, 15) is 9.59 Å². The lowest BCUT2D eigenvalue weighted by molar-refractivity contribution is -0.170. The lowest BCUT2D eigenvalue weighted by atomic mass is 9.72. The summed E-state index contributed by atoms with van der Waals surface area (Å²) < 4.78 is 6.28. The van der Waals surface area contributed by atoms with E-state index < -0.39 is 17.1 Å². The van der Waals surface area contributed by atoms with Gasteiger partial charge in [-0.3, -0.25) is 9.59 Å². The minimum Gasteiger partial charge on any atom is -0.356 e. The van der Waals surface area contributed by atoms with Crippen molar-refractivity contribution in [1.82, 2.24) is 0 Å². The summed E-state index contributed by atoms with van der Waals surface area (Å²) in [6.07, 6.45) is 5.33. The van der Waals surface area contributed by atoms with Crippen molar-refractivity contribution in [2.24, 2.45) is 10.8 Å². The Morgan fingerprint density at radius 3 is 1.68 bits per heavy atom. The van der Waals surface area contributed by atoms with E-state index in [-0.39, 0.29) is 17.0 Å². The molecule has 0 aromatic carbocycles. The third-order valence-electron chi connectivity index (χ3n) is 5.89. The highest BCUT2D eigenvalue weighted by molar-refractivity contribution is 5.93. The molecule has 0 aliphatic carbocycles. The van der Waals surface area contributed by atoms with E-state index in [2.05, 4.69) is 20.8 Å². The second kappa shape index (κ2) is 9.85. The molecule has 0 heterocycles. The van der Waals surface area contributed by atoms with Gasteiger partial charge in [-0.05, 0) is 39.0 Å². The highest BCUT2D eigenvalue weighted by Gasteiger charge is 2.46. The number of ketones is 2. The molecule has 0 rings (SSSR count). The summed E-state index contributed by atoms with van der Waals surface area (Å²) in [5, 5.41) is 0. The Hall–Kier alpha value is -0.700. The summed E-state index contributed by atoms with van der Waals surface area (Å²) in [7, 11) is 0. The number of hydrogen-bond donors (Lipinski definition) is 0. The van der Waals surface area contributed by atoms with Crippen molar-refractivity contribution in [3.63, 3.8) is 0 Å². The smallest absolute Gasteiger partial charge is 0.169 e. The number of rotatable bonds is 12. The van der Waals surface area contributed by atoms with Crippen molar-refractivity contribution < 1.29 is 14.3 Å². The predicted octanol–water partition coefficient (Wildman–Crippen LogP) is 6.13. The monoisotopic (exact) mass is 354 g/mol. The normalized spacial score (nSPS) is 14.4. The first-order valence-corrected chi connectivity index (χ1v) is 10.3. The van der Waals surface area contributed by atoms with E-state index in [0.29, 0.717) is 12.8 Å². The Labute approximate surface area is 156 Å². The van der Waals surface area contributed by atoms with Crippen LogP contribution in [0.1, 0.15) is 107 Å².